The number of nitrogens with zero attached hydrogens (tertiary/aromatic N) is 1. The van der Waals surface area contributed by atoms with Gasteiger partial charge in [-0.05, 0) is 49.6 Å². The van der Waals surface area contributed by atoms with E-state index in [1.165, 1.54) is 36.9 Å². The molecule has 2 atom stereocenters. The zero-order chi connectivity index (χ0) is 13.8. The van der Waals surface area contributed by atoms with E-state index in [0.717, 1.165) is 16.9 Å². The number of hydrogen-bond donors (Lipinski definition) is 1. The van der Waals surface area contributed by atoms with Gasteiger partial charge in [-0.25, -0.2) is 0 Å². The van der Waals surface area contributed by atoms with Gasteiger partial charge in [0.05, 0.1) is 0 Å². The zero-order valence-corrected chi connectivity index (χ0v) is 13.8. The van der Waals surface area contributed by atoms with E-state index in [-0.39, 0.29) is 0 Å². The largest absolute Gasteiger partial charge is 0.371 e. The molecule has 1 N–H and O–H groups in total. The summed E-state index contributed by atoms with van der Waals surface area (Å²) in [6.07, 6.45) is 5.42. The fourth-order valence-corrected chi connectivity index (χ4v) is 3.59. The van der Waals surface area contributed by atoms with Gasteiger partial charge in [0, 0.05) is 29.8 Å². The van der Waals surface area contributed by atoms with Crippen molar-refractivity contribution in [3.8, 4) is 0 Å². The molecule has 1 aromatic rings. The van der Waals surface area contributed by atoms with Crippen LogP contribution in [-0.2, 0) is 6.54 Å². The lowest BCUT2D eigenvalue weighted by molar-refractivity contribution is 0.336. The average Bonchev–Trinajstić information content (AvgIpc) is 2.39. The summed E-state index contributed by atoms with van der Waals surface area (Å²) < 4.78 is 1.16. The normalized spacial score (nSPS) is 23.4. The van der Waals surface area contributed by atoms with E-state index in [2.05, 4.69) is 58.3 Å². The molecule has 0 aliphatic heterocycles. The fraction of sp³-hybridized carbons (Fsp3) is 0.625. The first-order valence-corrected chi connectivity index (χ1v) is 8.07. The summed E-state index contributed by atoms with van der Waals surface area (Å²) in [5, 5.41) is 3.27. The molecule has 19 heavy (non-hydrogen) atoms. The fourth-order valence-electron chi connectivity index (χ4n) is 3.18. The van der Waals surface area contributed by atoms with Gasteiger partial charge in [0.2, 0.25) is 0 Å². The molecule has 0 spiro atoms. The summed E-state index contributed by atoms with van der Waals surface area (Å²) in [5.41, 5.74) is 2.74. The minimum atomic E-state index is 0.695. The van der Waals surface area contributed by atoms with Crippen LogP contribution in [0.2, 0.25) is 0 Å². The molecule has 0 aromatic heterocycles. The van der Waals surface area contributed by atoms with Crippen LogP contribution in [0.25, 0.3) is 0 Å². The molecule has 2 nitrogen and oxygen atoms in total. The van der Waals surface area contributed by atoms with Crippen LogP contribution in [0.3, 0.4) is 0 Å². The van der Waals surface area contributed by atoms with E-state index in [9.17, 15) is 0 Å². The highest BCUT2D eigenvalue weighted by atomic mass is 79.9. The Hall–Kier alpha value is -0.540. The SMILES string of the molecule is CNCc1cc(Br)ccc1N(C)C1CCCC(C)C1. The van der Waals surface area contributed by atoms with Gasteiger partial charge in [-0.2, -0.15) is 0 Å². The first-order chi connectivity index (χ1) is 9.11. The van der Waals surface area contributed by atoms with Crippen LogP contribution >= 0.6 is 15.9 Å². The van der Waals surface area contributed by atoms with Crippen LogP contribution in [0.15, 0.2) is 22.7 Å². The van der Waals surface area contributed by atoms with E-state index >= 15 is 0 Å². The Labute approximate surface area is 125 Å². The van der Waals surface area contributed by atoms with E-state index in [4.69, 9.17) is 0 Å². The van der Waals surface area contributed by atoms with E-state index < -0.39 is 0 Å². The molecule has 1 fully saturated rings. The minimum absolute atomic E-state index is 0.695. The Morgan fingerprint density at radius 1 is 1.37 bits per heavy atom. The Kier molecular flexibility index (Phi) is 5.28. The number of benzene rings is 1. The Bertz CT molecular complexity index is 419. The molecule has 0 saturated heterocycles. The van der Waals surface area contributed by atoms with Crippen LogP contribution in [-0.4, -0.2) is 20.1 Å². The molecule has 0 radical (unpaired) electrons. The Morgan fingerprint density at radius 2 is 2.16 bits per heavy atom. The molecule has 2 unspecified atom stereocenters. The lowest BCUT2D eigenvalue weighted by atomic mass is 9.86. The second kappa shape index (κ2) is 6.76. The maximum absolute atomic E-state index is 3.57. The van der Waals surface area contributed by atoms with Crippen molar-refractivity contribution in [3.05, 3.63) is 28.2 Å². The quantitative estimate of drug-likeness (QED) is 0.893. The molecule has 2 rings (SSSR count). The van der Waals surface area contributed by atoms with Gasteiger partial charge in [-0.3, -0.25) is 0 Å². The van der Waals surface area contributed by atoms with Gasteiger partial charge < -0.3 is 10.2 Å². The van der Waals surface area contributed by atoms with Crippen LogP contribution in [0.1, 0.15) is 38.2 Å². The maximum Gasteiger partial charge on any atom is 0.0412 e. The molecular weight excluding hydrogens is 300 g/mol. The predicted octanol–water partition coefficient (Wildman–Crippen LogP) is 4.18. The molecule has 0 heterocycles. The third-order valence-electron chi connectivity index (χ3n) is 4.25. The van der Waals surface area contributed by atoms with Crippen molar-refractivity contribution >= 4 is 21.6 Å². The summed E-state index contributed by atoms with van der Waals surface area (Å²) in [5.74, 6) is 0.865. The summed E-state index contributed by atoms with van der Waals surface area (Å²) >= 11 is 3.57. The number of rotatable bonds is 4. The Balaban J connectivity index is 2.19. The van der Waals surface area contributed by atoms with Gasteiger partial charge >= 0.3 is 0 Å². The van der Waals surface area contributed by atoms with Crippen molar-refractivity contribution in [2.45, 2.75) is 45.2 Å². The monoisotopic (exact) mass is 324 g/mol. The van der Waals surface area contributed by atoms with Crippen molar-refractivity contribution in [1.29, 1.82) is 0 Å². The third-order valence-corrected chi connectivity index (χ3v) is 4.74. The van der Waals surface area contributed by atoms with Crippen molar-refractivity contribution in [2.24, 2.45) is 5.92 Å². The van der Waals surface area contributed by atoms with E-state index in [0.29, 0.717) is 6.04 Å². The molecule has 1 aliphatic rings. The zero-order valence-electron chi connectivity index (χ0n) is 12.2. The molecule has 1 aromatic carbocycles. The molecule has 1 aliphatic carbocycles. The summed E-state index contributed by atoms with van der Waals surface area (Å²) in [4.78, 5) is 2.49. The first-order valence-electron chi connectivity index (χ1n) is 7.27. The minimum Gasteiger partial charge on any atom is -0.371 e. The number of halogens is 1. The van der Waals surface area contributed by atoms with Gasteiger partial charge in [0.15, 0.2) is 0 Å². The van der Waals surface area contributed by atoms with E-state index in [1.54, 1.807) is 0 Å². The van der Waals surface area contributed by atoms with Gasteiger partial charge in [-0.1, -0.05) is 35.7 Å². The molecule has 1 saturated carbocycles. The molecule has 3 heteroatoms. The standard InChI is InChI=1S/C16H25BrN2/c1-12-5-4-6-15(9-12)19(3)16-8-7-14(17)10-13(16)11-18-2/h7-8,10,12,15,18H,4-6,9,11H2,1-3H3. The number of nitrogens with one attached hydrogen (secondary N) is 1. The van der Waals surface area contributed by atoms with Crippen molar-refractivity contribution in [3.63, 3.8) is 0 Å². The predicted molar refractivity (Wildman–Crippen MR) is 86.7 cm³/mol. The van der Waals surface area contributed by atoms with Crippen molar-refractivity contribution in [1.82, 2.24) is 5.32 Å². The van der Waals surface area contributed by atoms with Gasteiger partial charge in [-0.15, -0.1) is 0 Å². The molecule has 0 amide bonds. The lowest BCUT2D eigenvalue weighted by Crippen LogP contribution is -2.36. The highest BCUT2D eigenvalue weighted by Gasteiger charge is 2.23. The Morgan fingerprint density at radius 3 is 2.84 bits per heavy atom. The van der Waals surface area contributed by atoms with Crippen LogP contribution in [0.5, 0.6) is 0 Å². The summed E-state index contributed by atoms with van der Waals surface area (Å²) in [7, 11) is 4.26. The third kappa shape index (κ3) is 3.73. The number of hydrogen-bond acceptors (Lipinski definition) is 2. The molecular formula is C16H25BrN2. The van der Waals surface area contributed by atoms with Crippen LogP contribution in [0.4, 0.5) is 5.69 Å². The highest BCUT2D eigenvalue weighted by molar-refractivity contribution is 9.10. The van der Waals surface area contributed by atoms with Crippen molar-refractivity contribution in [2.75, 3.05) is 19.0 Å². The summed E-state index contributed by atoms with van der Waals surface area (Å²) in [6.45, 7) is 3.30. The van der Waals surface area contributed by atoms with Crippen molar-refractivity contribution < 1.29 is 0 Å². The molecule has 106 valence electrons. The first kappa shape index (κ1) is 14.9. The summed E-state index contributed by atoms with van der Waals surface area (Å²) in [6, 6.07) is 7.32. The lowest BCUT2D eigenvalue weighted by Gasteiger charge is -2.36. The van der Waals surface area contributed by atoms with Gasteiger partial charge in [0.1, 0.15) is 0 Å². The smallest absolute Gasteiger partial charge is 0.0412 e. The van der Waals surface area contributed by atoms with E-state index in [1.807, 2.05) is 7.05 Å². The number of anilines is 1. The van der Waals surface area contributed by atoms with Crippen LogP contribution in [0, 0.1) is 5.92 Å². The second-order valence-electron chi connectivity index (χ2n) is 5.84. The van der Waals surface area contributed by atoms with Crippen LogP contribution < -0.4 is 10.2 Å². The maximum atomic E-state index is 3.57. The second-order valence-corrected chi connectivity index (χ2v) is 6.76. The average molecular weight is 325 g/mol. The highest BCUT2D eigenvalue weighted by Crippen LogP contribution is 2.32. The molecule has 0 bridgehead atoms. The van der Waals surface area contributed by atoms with Gasteiger partial charge in [0.25, 0.3) is 0 Å². The topological polar surface area (TPSA) is 15.3 Å².